The zero-order valence-electron chi connectivity index (χ0n) is 15.2. The molecule has 1 amide bonds. The minimum atomic E-state index is -4.33. The fourth-order valence-corrected chi connectivity index (χ4v) is 3.02. The number of methoxy groups -OCH3 is 3. The molecule has 0 saturated heterocycles. The van der Waals surface area contributed by atoms with Crippen LogP contribution in [0.15, 0.2) is 41.3 Å². The van der Waals surface area contributed by atoms with Crippen LogP contribution in [0.1, 0.15) is 12.0 Å². The predicted molar refractivity (Wildman–Crippen MR) is 99.3 cm³/mol. The first-order valence-corrected chi connectivity index (χ1v) is 9.38. The third-order valence-electron chi connectivity index (χ3n) is 3.78. The van der Waals surface area contributed by atoms with Crippen LogP contribution in [0.3, 0.4) is 0 Å². The fraction of sp³-hybridized carbons (Fsp3) is 0.278. The molecule has 2 aromatic carbocycles. The number of nitrogens with one attached hydrogen (secondary N) is 1. The number of aryl methyl sites for hydroxylation is 1. The van der Waals surface area contributed by atoms with Gasteiger partial charge in [-0.2, -0.15) is 8.42 Å². The average Bonchev–Trinajstić information content (AvgIpc) is 2.64. The molecule has 0 radical (unpaired) electrons. The average molecular weight is 395 g/mol. The lowest BCUT2D eigenvalue weighted by Gasteiger charge is -2.14. The summed E-state index contributed by atoms with van der Waals surface area (Å²) in [4.78, 5) is 11.9. The molecule has 0 heterocycles. The van der Waals surface area contributed by atoms with Crippen LogP contribution in [0, 0.1) is 0 Å². The van der Waals surface area contributed by atoms with Gasteiger partial charge in [0.25, 0.3) is 10.1 Å². The smallest absolute Gasteiger partial charge is 0.294 e. The number of rotatable bonds is 8. The minimum absolute atomic E-state index is 0.148. The molecule has 0 fully saturated rings. The van der Waals surface area contributed by atoms with Gasteiger partial charge in [0.15, 0.2) is 11.5 Å². The van der Waals surface area contributed by atoms with Gasteiger partial charge in [-0.25, -0.2) is 0 Å². The molecule has 0 aliphatic heterocycles. The van der Waals surface area contributed by atoms with Gasteiger partial charge in [-0.15, -0.1) is 0 Å². The molecule has 0 aliphatic carbocycles. The van der Waals surface area contributed by atoms with Crippen molar-refractivity contribution in [3.8, 4) is 17.2 Å². The second-order valence-corrected chi connectivity index (χ2v) is 7.01. The summed E-state index contributed by atoms with van der Waals surface area (Å²) in [5.74, 6) is 1.15. The quantitative estimate of drug-likeness (QED) is 0.661. The Balaban J connectivity index is 2.08. The number of anilines is 1. The van der Waals surface area contributed by atoms with E-state index in [1.807, 2.05) is 0 Å². The lowest BCUT2D eigenvalue weighted by Crippen LogP contribution is -2.13. The molecule has 0 unspecified atom stereocenters. The number of hydrogen-bond donors (Lipinski definition) is 2. The Morgan fingerprint density at radius 1 is 1.04 bits per heavy atom. The van der Waals surface area contributed by atoms with Crippen LogP contribution in [0.5, 0.6) is 17.2 Å². The molecule has 0 saturated carbocycles. The zero-order chi connectivity index (χ0) is 20.0. The maximum Gasteiger partial charge on any atom is 0.294 e. The van der Waals surface area contributed by atoms with Gasteiger partial charge in [0, 0.05) is 12.1 Å². The SMILES string of the molecule is COc1cc(CCC(=O)Nc2cccc(S(=O)(=O)O)c2)cc(OC)c1OC. The van der Waals surface area contributed by atoms with E-state index in [4.69, 9.17) is 18.8 Å². The summed E-state index contributed by atoms with van der Waals surface area (Å²) in [6.07, 6.45) is 0.551. The van der Waals surface area contributed by atoms with E-state index >= 15 is 0 Å². The maximum atomic E-state index is 12.2. The number of benzene rings is 2. The normalized spacial score (nSPS) is 11.0. The highest BCUT2D eigenvalue weighted by molar-refractivity contribution is 7.85. The molecule has 0 bridgehead atoms. The lowest BCUT2D eigenvalue weighted by molar-refractivity contribution is -0.116. The van der Waals surface area contributed by atoms with Crippen molar-refractivity contribution in [2.45, 2.75) is 17.7 Å². The van der Waals surface area contributed by atoms with E-state index in [2.05, 4.69) is 5.32 Å². The highest BCUT2D eigenvalue weighted by Gasteiger charge is 2.14. The molecule has 0 aliphatic rings. The molecule has 0 atom stereocenters. The highest BCUT2D eigenvalue weighted by Crippen LogP contribution is 2.38. The predicted octanol–water partition coefficient (Wildman–Crippen LogP) is 2.53. The van der Waals surface area contributed by atoms with Crippen LogP contribution < -0.4 is 19.5 Å². The first-order chi connectivity index (χ1) is 12.8. The van der Waals surface area contributed by atoms with Crippen molar-refractivity contribution in [1.29, 1.82) is 0 Å². The number of amides is 1. The summed E-state index contributed by atoms with van der Waals surface area (Å²) in [7, 11) is 0.199. The lowest BCUT2D eigenvalue weighted by atomic mass is 10.1. The van der Waals surface area contributed by atoms with E-state index in [-0.39, 0.29) is 22.9 Å². The molecule has 146 valence electrons. The maximum absolute atomic E-state index is 12.2. The van der Waals surface area contributed by atoms with Crippen molar-refractivity contribution in [3.63, 3.8) is 0 Å². The minimum Gasteiger partial charge on any atom is -0.493 e. The number of ether oxygens (including phenoxy) is 3. The highest BCUT2D eigenvalue weighted by atomic mass is 32.2. The van der Waals surface area contributed by atoms with E-state index in [1.165, 1.54) is 45.6 Å². The Morgan fingerprint density at radius 2 is 1.67 bits per heavy atom. The standard InChI is InChI=1S/C18H21NO7S/c1-24-15-9-12(10-16(25-2)18(15)26-3)7-8-17(20)19-13-5-4-6-14(11-13)27(21,22)23/h4-6,9-11H,7-8H2,1-3H3,(H,19,20)(H,21,22,23). The number of hydrogen-bond acceptors (Lipinski definition) is 6. The van der Waals surface area contributed by atoms with Gasteiger partial charge in [0.05, 0.1) is 26.2 Å². The van der Waals surface area contributed by atoms with Crippen molar-refractivity contribution in [3.05, 3.63) is 42.0 Å². The second kappa shape index (κ2) is 8.74. The topological polar surface area (TPSA) is 111 Å². The van der Waals surface area contributed by atoms with E-state index in [0.717, 1.165) is 5.56 Å². The van der Waals surface area contributed by atoms with Crippen LogP contribution >= 0.6 is 0 Å². The monoisotopic (exact) mass is 395 g/mol. The number of carbonyl (C=O) groups excluding carboxylic acids is 1. The molecule has 2 aromatic rings. The molecule has 2 rings (SSSR count). The van der Waals surface area contributed by atoms with Crippen LogP contribution in [0.4, 0.5) is 5.69 Å². The van der Waals surface area contributed by atoms with Gasteiger partial charge in [-0.05, 0) is 42.3 Å². The second-order valence-electron chi connectivity index (χ2n) is 5.58. The third kappa shape index (κ3) is 5.35. The van der Waals surface area contributed by atoms with Crippen molar-refractivity contribution in [2.75, 3.05) is 26.6 Å². The Morgan fingerprint density at radius 3 is 2.19 bits per heavy atom. The molecule has 0 spiro atoms. The third-order valence-corrected chi connectivity index (χ3v) is 4.63. The molecule has 8 nitrogen and oxygen atoms in total. The van der Waals surface area contributed by atoms with Crippen molar-refractivity contribution >= 4 is 21.7 Å². The van der Waals surface area contributed by atoms with Crippen molar-refractivity contribution in [2.24, 2.45) is 0 Å². The van der Waals surface area contributed by atoms with Gasteiger partial charge >= 0.3 is 0 Å². The molecule has 9 heteroatoms. The molecule has 2 N–H and O–H groups in total. The largest absolute Gasteiger partial charge is 0.493 e. The fourth-order valence-electron chi connectivity index (χ4n) is 2.50. The van der Waals surface area contributed by atoms with Gasteiger partial charge in [0.1, 0.15) is 0 Å². The summed E-state index contributed by atoms with van der Waals surface area (Å²) >= 11 is 0. The van der Waals surface area contributed by atoms with Crippen LogP contribution in [-0.2, 0) is 21.3 Å². The Bertz CT molecular complexity index is 900. The Hall–Kier alpha value is -2.78. The van der Waals surface area contributed by atoms with Crippen molar-refractivity contribution < 1.29 is 32.0 Å². The summed E-state index contributed by atoms with van der Waals surface area (Å²) in [6, 6.07) is 8.90. The molecular weight excluding hydrogens is 374 g/mol. The van der Waals surface area contributed by atoms with Gasteiger partial charge in [-0.3, -0.25) is 9.35 Å². The van der Waals surface area contributed by atoms with E-state index in [0.29, 0.717) is 23.7 Å². The summed E-state index contributed by atoms with van der Waals surface area (Å²) in [5, 5.41) is 2.60. The molecule has 27 heavy (non-hydrogen) atoms. The van der Waals surface area contributed by atoms with Crippen LogP contribution in [0.25, 0.3) is 0 Å². The van der Waals surface area contributed by atoms with Gasteiger partial charge < -0.3 is 19.5 Å². The van der Waals surface area contributed by atoms with E-state index in [9.17, 15) is 13.2 Å². The molecule has 0 aromatic heterocycles. The van der Waals surface area contributed by atoms with Crippen LogP contribution in [0.2, 0.25) is 0 Å². The Labute approximate surface area is 157 Å². The zero-order valence-corrected chi connectivity index (χ0v) is 16.0. The van der Waals surface area contributed by atoms with Gasteiger partial charge in [-0.1, -0.05) is 6.07 Å². The first-order valence-electron chi connectivity index (χ1n) is 7.94. The van der Waals surface area contributed by atoms with Gasteiger partial charge in [0.2, 0.25) is 11.7 Å². The Kier molecular flexibility index (Phi) is 6.65. The summed E-state index contributed by atoms with van der Waals surface area (Å²) in [5.41, 5.74) is 1.09. The summed E-state index contributed by atoms with van der Waals surface area (Å²) < 4.78 is 47.2. The number of carbonyl (C=O) groups is 1. The first kappa shape index (κ1) is 20.5. The van der Waals surface area contributed by atoms with E-state index in [1.54, 1.807) is 12.1 Å². The summed E-state index contributed by atoms with van der Waals surface area (Å²) in [6.45, 7) is 0. The van der Waals surface area contributed by atoms with Crippen molar-refractivity contribution in [1.82, 2.24) is 0 Å². The van der Waals surface area contributed by atoms with E-state index < -0.39 is 10.1 Å². The molecular formula is C18H21NO7S. The van der Waals surface area contributed by atoms with Crippen LogP contribution in [-0.4, -0.2) is 40.2 Å².